The van der Waals surface area contributed by atoms with Crippen molar-refractivity contribution in [1.29, 1.82) is 0 Å². The van der Waals surface area contributed by atoms with E-state index in [0.29, 0.717) is 0 Å². The molecule has 0 aromatic rings. The molecule has 0 aromatic carbocycles. The Bertz CT molecular complexity index is 339. The van der Waals surface area contributed by atoms with Gasteiger partial charge in [-0.1, -0.05) is 18.2 Å². The number of hydrogen-bond acceptors (Lipinski definition) is 1. The Morgan fingerprint density at radius 3 is 2.06 bits per heavy atom. The largest absolute Gasteiger partial charge is 0.478 e. The molecule has 4 fully saturated rings. The molecule has 0 atom stereocenters. The Kier molecular flexibility index (Phi) is 2.81. The van der Waals surface area contributed by atoms with Crippen LogP contribution in [0.25, 0.3) is 0 Å². The molecular weight excluding hydrogens is 212 g/mol. The normalized spacial score (nSPS) is 43.9. The molecule has 2 heteroatoms. The van der Waals surface area contributed by atoms with Crippen molar-refractivity contribution in [3.63, 3.8) is 0 Å². The van der Waals surface area contributed by atoms with Gasteiger partial charge in [-0.15, -0.1) is 0 Å². The zero-order valence-electron chi connectivity index (χ0n) is 10.1. The van der Waals surface area contributed by atoms with Gasteiger partial charge in [-0.2, -0.15) is 0 Å². The molecule has 4 rings (SSSR count). The lowest BCUT2D eigenvalue weighted by atomic mass is 9.52. The van der Waals surface area contributed by atoms with Gasteiger partial charge < -0.3 is 5.11 Å². The second kappa shape index (κ2) is 4.32. The molecule has 0 saturated heterocycles. The third-order valence-electron chi connectivity index (χ3n) is 4.98. The summed E-state index contributed by atoms with van der Waals surface area (Å²) in [5.41, 5.74) is 0. The molecule has 1 N–H and O–H groups in total. The molecule has 0 aromatic heterocycles. The lowest BCUT2D eigenvalue weighted by Gasteiger charge is -2.53. The van der Waals surface area contributed by atoms with E-state index in [1.54, 1.807) is 6.08 Å². The molecular formula is C15H20O2. The zero-order chi connectivity index (χ0) is 11.8. The van der Waals surface area contributed by atoms with Crippen molar-refractivity contribution in [3.05, 3.63) is 24.3 Å². The van der Waals surface area contributed by atoms with Crippen molar-refractivity contribution in [1.82, 2.24) is 0 Å². The van der Waals surface area contributed by atoms with Crippen LogP contribution < -0.4 is 0 Å². The number of hydrogen-bond donors (Lipinski definition) is 1. The lowest BCUT2D eigenvalue weighted by Crippen LogP contribution is -2.44. The quantitative estimate of drug-likeness (QED) is 0.599. The highest BCUT2D eigenvalue weighted by atomic mass is 16.4. The highest BCUT2D eigenvalue weighted by Crippen LogP contribution is 2.56. The summed E-state index contributed by atoms with van der Waals surface area (Å²) in [6.07, 6.45) is 14.3. The van der Waals surface area contributed by atoms with E-state index in [0.717, 1.165) is 29.6 Å². The molecule has 4 aliphatic rings. The maximum absolute atomic E-state index is 10.4. The Balaban J connectivity index is 1.66. The molecule has 4 saturated carbocycles. The van der Waals surface area contributed by atoms with Gasteiger partial charge in [0.05, 0.1) is 0 Å². The molecule has 0 heterocycles. The number of carboxylic acids is 1. The average molecular weight is 232 g/mol. The van der Waals surface area contributed by atoms with E-state index < -0.39 is 5.97 Å². The molecule has 17 heavy (non-hydrogen) atoms. The molecule has 92 valence electrons. The predicted octanol–water partition coefficient (Wildman–Crippen LogP) is 3.26. The first-order valence-corrected chi connectivity index (χ1v) is 6.80. The fourth-order valence-corrected chi connectivity index (χ4v) is 4.61. The minimum absolute atomic E-state index is 0.723. The van der Waals surface area contributed by atoms with Crippen LogP contribution in [-0.4, -0.2) is 11.1 Å². The van der Waals surface area contributed by atoms with Crippen molar-refractivity contribution in [3.8, 4) is 0 Å². The predicted molar refractivity (Wildman–Crippen MR) is 66.5 cm³/mol. The number of aliphatic carboxylic acids is 1. The van der Waals surface area contributed by atoms with Crippen LogP contribution in [0.5, 0.6) is 0 Å². The smallest absolute Gasteiger partial charge is 0.328 e. The molecule has 2 nitrogen and oxygen atoms in total. The summed E-state index contributed by atoms with van der Waals surface area (Å²) in [5.74, 6) is 3.66. The van der Waals surface area contributed by atoms with Crippen LogP contribution >= 0.6 is 0 Å². The average Bonchev–Trinajstić information content (AvgIpc) is 2.25. The standard InChI is InChI=1S/C15H20O2/c16-15(17)4-2-1-3-14-12-6-10-5-11(8-12)9-13(14)7-10/h1-4,10-14H,5-9H2,(H,16,17)/b3-1+,4-2+. The number of carboxylic acid groups (broad SMARTS) is 1. The zero-order valence-corrected chi connectivity index (χ0v) is 10.1. The Morgan fingerprint density at radius 2 is 1.53 bits per heavy atom. The summed E-state index contributed by atoms with van der Waals surface area (Å²) in [6, 6.07) is 0. The summed E-state index contributed by atoms with van der Waals surface area (Å²) >= 11 is 0. The van der Waals surface area contributed by atoms with Crippen molar-refractivity contribution in [2.75, 3.05) is 0 Å². The van der Waals surface area contributed by atoms with Gasteiger partial charge in [-0.25, -0.2) is 4.79 Å². The highest BCUT2D eigenvalue weighted by molar-refractivity contribution is 5.80. The first kappa shape index (κ1) is 11.1. The van der Waals surface area contributed by atoms with E-state index in [1.807, 2.05) is 6.08 Å². The number of carbonyl (C=O) groups is 1. The summed E-state index contributed by atoms with van der Waals surface area (Å²) < 4.78 is 0. The Hall–Kier alpha value is -1.05. The molecule has 4 bridgehead atoms. The second-order valence-electron chi connectivity index (χ2n) is 6.09. The SMILES string of the molecule is O=C(O)/C=C/C=C/C1C2CC3CC(C2)CC1C3. The maximum Gasteiger partial charge on any atom is 0.328 e. The van der Waals surface area contributed by atoms with Crippen molar-refractivity contribution < 1.29 is 9.90 Å². The van der Waals surface area contributed by atoms with Gasteiger partial charge in [0.25, 0.3) is 0 Å². The minimum Gasteiger partial charge on any atom is -0.478 e. The van der Waals surface area contributed by atoms with Crippen LogP contribution in [0.2, 0.25) is 0 Å². The number of rotatable bonds is 3. The molecule has 0 unspecified atom stereocenters. The van der Waals surface area contributed by atoms with Crippen LogP contribution in [0.3, 0.4) is 0 Å². The van der Waals surface area contributed by atoms with Gasteiger partial charge in [0, 0.05) is 6.08 Å². The van der Waals surface area contributed by atoms with Crippen molar-refractivity contribution >= 4 is 5.97 Å². The van der Waals surface area contributed by atoms with Crippen LogP contribution in [-0.2, 0) is 4.79 Å². The van der Waals surface area contributed by atoms with Crippen LogP contribution in [0.1, 0.15) is 32.1 Å². The maximum atomic E-state index is 10.4. The molecule has 0 amide bonds. The highest BCUT2D eigenvalue weighted by Gasteiger charge is 2.46. The van der Waals surface area contributed by atoms with Crippen LogP contribution in [0.15, 0.2) is 24.3 Å². The van der Waals surface area contributed by atoms with Gasteiger partial charge >= 0.3 is 5.97 Å². The van der Waals surface area contributed by atoms with Crippen LogP contribution in [0.4, 0.5) is 0 Å². The van der Waals surface area contributed by atoms with Gasteiger partial charge in [-0.05, 0) is 61.7 Å². The van der Waals surface area contributed by atoms with Gasteiger partial charge in [0.1, 0.15) is 0 Å². The molecule has 0 aliphatic heterocycles. The van der Waals surface area contributed by atoms with E-state index in [4.69, 9.17) is 5.11 Å². The second-order valence-corrected chi connectivity index (χ2v) is 6.09. The summed E-state index contributed by atoms with van der Waals surface area (Å²) in [7, 11) is 0. The van der Waals surface area contributed by atoms with E-state index in [1.165, 1.54) is 38.2 Å². The first-order valence-electron chi connectivity index (χ1n) is 6.80. The van der Waals surface area contributed by atoms with Crippen molar-refractivity contribution in [2.45, 2.75) is 32.1 Å². The summed E-state index contributed by atoms with van der Waals surface area (Å²) in [5, 5.41) is 8.53. The fraction of sp³-hybridized carbons (Fsp3) is 0.667. The van der Waals surface area contributed by atoms with Gasteiger partial charge in [0.15, 0.2) is 0 Å². The molecule has 4 aliphatic carbocycles. The van der Waals surface area contributed by atoms with E-state index in [-0.39, 0.29) is 0 Å². The van der Waals surface area contributed by atoms with Crippen molar-refractivity contribution in [2.24, 2.45) is 29.6 Å². The van der Waals surface area contributed by atoms with Crippen LogP contribution in [0, 0.1) is 29.6 Å². The Morgan fingerprint density at radius 1 is 0.941 bits per heavy atom. The summed E-state index contributed by atoms with van der Waals surface area (Å²) in [4.78, 5) is 10.4. The topological polar surface area (TPSA) is 37.3 Å². The molecule has 0 radical (unpaired) electrons. The summed E-state index contributed by atoms with van der Waals surface area (Å²) in [6.45, 7) is 0. The van der Waals surface area contributed by atoms with Gasteiger partial charge in [0.2, 0.25) is 0 Å². The first-order chi connectivity index (χ1) is 8.22. The van der Waals surface area contributed by atoms with E-state index in [9.17, 15) is 4.79 Å². The fourth-order valence-electron chi connectivity index (χ4n) is 4.61. The van der Waals surface area contributed by atoms with E-state index >= 15 is 0 Å². The Labute approximate surface area is 102 Å². The molecule has 0 spiro atoms. The lowest BCUT2D eigenvalue weighted by molar-refractivity contribution is -0.131. The van der Waals surface area contributed by atoms with E-state index in [2.05, 4.69) is 6.08 Å². The number of allylic oxidation sites excluding steroid dienone is 3. The third-order valence-corrected chi connectivity index (χ3v) is 4.98. The monoisotopic (exact) mass is 232 g/mol. The van der Waals surface area contributed by atoms with Gasteiger partial charge in [-0.3, -0.25) is 0 Å². The minimum atomic E-state index is -0.861. The third kappa shape index (κ3) is 2.18.